The summed E-state index contributed by atoms with van der Waals surface area (Å²) in [6, 6.07) is 8.98. The Balaban J connectivity index is 2.09. The van der Waals surface area contributed by atoms with Crippen molar-refractivity contribution in [2.75, 3.05) is 14.2 Å². The maximum atomic E-state index is 13.3. The van der Waals surface area contributed by atoms with Crippen LogP contribution in [0.3, 0.4) is 0 Å². The third kappa shape index (κ3) is 9.47. The molecule has 0 saturated heterocycles. The fourth-order valence-electron chi connectivity index (χ4n) is 5.93. The number of methoxy groups -OCH3 is 2. The lowest BCUT2D eigenvalue weighted by atomic mass is 9.70. The molecule has 1 aliphatic rings. The van der Waals surface area contributed by atoms with Gasteiger partial charge in [0.25, 0.3) is 0 Å². The minimum absolute atomic E-state index is 0.0445. The molecule has 7 heteroatoms. The molecule has 2 rings (SSSR count). The lowest BCUT2D eigenvalue weighted by Crippen LogP contribution is -2.42. The molecule has 3 atom stereocenters. The van der Waals surface area contributed by atoms with E-state index >= 15 is 0 Å². The molecule has 0 bridgehead atoms. The standard InChI is InChI=1S/C32H48O7/c1-6-7-9-16-26(39-29(35)24-14-10-8-11-15-24)19-17-25-18-20-27(33)32(25,30(36)38-5)22-13-12-21-31(2,3)23-28(34)37-4/h8,10-11,14-15,25-26H,6-7,9,12-13,16-23H2,1-5H3. The van der Waals surface area contributed by atoms with E-state index in [-0.39, 0.29) is 35.2 Å². The molecule has 1 fully saturated rings. The summed E-state index contributed by atoms with van der Waals surface area (Å²) >= 11 is 0. The van der Waals surface area contributed by atoms with E-state index in [1.807, 2.05) is 32.0 Å². The van der Waals surface area contributed by atoms with Gasteiger partial charge >= 0.3 is 17.9 Å². The van der Waals surface area contributed by atoms with Gasteiger partial charge in [-0.2, -0.15) is 0 Å². The Bertz CT molecular complexity index is 939. The van der Waals surface area contributed by atoms with Gasteiger partial charge in [0.15, 0.2) is 0 Å². The quantitative estimate of drug-likeness (QED) is 0.0914. The normalized spacial score (nSPS) is 19.9. The maximum absolute atomic E-state index is 13.3. The molecule has 7 nitrogen and oxygen atoms in total. The van der Waals surface area contributed by atoms with Gasteiger partial charge in [-0.1, -0.05) is 64.7 Å². The smallest absolute Gasteiger partial charge is 0.338 e. The van der Waals surface area contributed by atoms with Gasteiger partial charge in [-0.05, 0) is 68.4 Å². The Morgan fingerprint density at radius 3 is 2.36 bits per heavy atom. The van der Waals surface area contributed by atoms with Crippen LogP contribution in [0.15, 0.2) is 30.3 Å². The Labute approximate surface area is 234 Å². The average Bonchev–Trinajstić information content (AvgIpc) is 3.24. The number of ether oxygens (including phenoxy) is 3. The van der Waals surface area contributed by atoms with E-state index in [4.69, 9.17) is 14.2 Å². The predicted octanol–water partition coefficient (Wildman–Crippen LogP) is 6.86. The minimum Gasteiger partial charge on any atom is -0.469 e. The molecule has 1 aromatic carbocycles. The second-order valence-corrected chi connectivity index (χ2v) is 11.7. The Morgan fingerprint density at radius 1 is 1.00 bits per heavy atom. The molecule has 0 amide bonds. The fourth-order valence-corrected chi connectivity index (χ4v) is 5.93. The van der Waals surface area contributed by atoms with Gasteiger partial charge < -0.3 is 14.2 Å². The van der Waals surface area contributed by atoms with Crippen molar-refractivity contribution >= 4 is 23.7 Å². The number of rotatable bonds is 17. The van der Waals surface area contributed by atoms with E-state index < -0.39 is 11.4 Å². The lowest BCUT2D eigenvalue weighted by molar-refractivity contribution is -0.160. The number of hydrogen-bond donors (Lipinski definition) is 0. The second-order valence-electron chi connectivity index (χ2n) is 11.7. The van der Waals surface area contributed by atoms with Gasteiger partial charge in [-0.3, -0.25) is 14.4 Å². The van der Waals surface area contributed by atoms with Crippen molar-refractivity contribution in [3.8, 4) is 0 Å². The molecule has 1 saturated carbocycles. The molecule has 1 aromatic rings. The number of carbonyl (C=O) groups excluding carboxylic acids is 4. The highest BCUT2D eigenvalue weighted by Crippen LogP contribution is 2.48. The van der Waals surface area contributed by atoms with Crippen LogP contribution in [0.2, 0.25) is 0 Å². The minimum atomic E-state index is -1.15. The molecule has 218 valence electrons. The van der Waals surface area contributed by atoms with Gasteiger partial charge in [0, 0.05) is 6.42 Å². The molecular weight excluding hydrogens is 496 g/mol. The van der Waals surface area contributed by atoms with Crippen LogP contribution in [-0.2, 0) is 28.6 Å². The molecule has 3 unspecified atom stereocenters. The highest BCUT2D eigenvalue weighted by atomic mass is 16.5. The summed E-state index contributed by atoms with van der Waals surface area (Å²) in [6.07, 6.45) is 8.80. The number of unbranched alkanes of at least 4 members (excludes halogenated alkanes) is 3. The van der Waals surface area contributed by atoms with E-state index in [2.05, 4.69) is 6.92 Å². The summed E-state index contributed by atoms with van der Waals surface area (Å²) in [5, 5.41) is 0. The number of Topliss-reactive ketones (excluding diaryl/α,β-unsaturated/α-hetero) is 1. The van der Waals surface area contributed by atoms with Gasteiger partial charge in [0.05, 0.1) is 26.2 Å². The zero-order chi connectivity index (χ0) is 28.9. The fraction of sp³-hybridized carbons (Fsp3) is 0.688. The highest BCUT2D eigenvalue weighted by Gasteiger charge is 2.55. The van der Waals surface area contributed by atoms with Crippen molar-refractivity contribution in [2.45, 2.75) is 110 Å². The molecule has 0 aliphatic heterocycles. The van der Waals surface area contributed by atoms with Crippen molar-refractivity contribution in [2.24, 2.45) is 16.7 Å². The van der Waals surface area contributed by atoms with Gasteiger partial charge in [-0.15, -0.1) is 0 Å². The molecule has 0 spiro atoms. The lowest BCUT2D eigenvalue weighted by Gasteiger charge is -2.33. The van der Waals surface area contributed by atoms with Gasteiger partial charge in [0.2, 0.25) is 0 Å². The zero-order valence-corrected chi connectivity index (χ0v) is 24.6. The first-order valence-electron chi connectivity index (χ1n) is 14.5. The van der Waals surface area contributed by atoms with Crippen molar-refractivity contribution < 1.29 is 33.4 Å². The monoisotopic (exact) mass is 544 g/mol. The molecule has 0 radical (unpaired) electrons. The van der Waals surface area contributed by atoms with Crippen LogP contribution >= 0.6 is 0 Å². The molecule has 0 aromatic heterocycles. The van der Waals surface area contributed by atoms with E-state index in [9.17, 15) is 19.2 Å². The van der Waals surface area contributed by atoms with E-state index in [1.54, 1.807) is 12.1 Å². The van der Waals surface area contributed by atoms with E-state index in [0.29, 0.717) is 50.5 Å². The third-order valence-corrected chi connectivity index (χ3v) is 8.24. The van der Waals surface area contributed by atoms with Crippen LogP contribution in [0.5, 0.6) is 0 Å². The van der Waals surface area contributed by atoms with Crippen molar-refractivity contribution in [1.82, 2.24) is 0 Å². The SMILES string of the molecule is CCCCCC(CCC1CCC(=O)C1(CCCCC(C)(C)CC(=O)OC)C(=O)OC)OC(=O)c1ccccc1. The summed E-state index contributed by atoms with van der Waals surface area (Å²) in [5.74, 6) is -1.22. The van der Waals surface area contributed by atoms with Gasteiger partial charge in [0.1, 0.15) is 17.3 Å². The number of benzene rings is 1. The maximum Gasteiger partial charge on any atom is 0.338 e. The molecule has 1 aliphatic carbocycles. The Kier molecular flexibility index (Phi) is 13.2. The number of hydrogen-bond acceptors (Lipinski definition) is 7. The van der Waals surface area contributed by atoms with Crippen LogP contribution in [0.25, 0.3) is 0 Å². The van der Waals surface area contributed by atoms with Crippen LogP contribution in [0.4, 0.5) is 0 Å². The first-order chi connectivity index (χ1) is 18.6. The third-order valence-electron chi connectivity index (χ3n) is 8.24. The summed E-state index contributed by atoms with van der Waals surface area (Å²) in [7, 11) is 2.74. The second kappa shape index (κ2) is 15.8. The van der Waals surface area contributed by atoms with Crippen molar-refractivity contribution in [3.05, 3.63) is 35.9 Å². The molecule has 0 N–H and O–H groups in total. The average molecular weight is 545 g/mol. The van der Waals surface area contributed by atoms with Gasteiger partial charge in [-0.25, -0.2) is 4.79 Å². The summed E-state index contributed by atoms with van der Waals surface area (Å²) in [6.45, 7) is 6.19. The number of esters is 3. The zero-order valence-electron chi connectivity index (χ0n) is 24.6. The van der Waals surface area contributed by atoms with Crippen LogP contribution in [-0.4, -0.2) is 44.0 Å². The number of ketones is 1. The largest absolute Gasteiger partial charge is 0.469 e. The predicted molar refractivity (Wildman–Crippen MR) is 150 cm³/mol. The molecular formula is C32H48O7. The number of carbonyl (C=O) groups is 4. The first-order valence-corrected chi connectivity index (χ1v) is 14.5. The summed E-state index contributed by atoms with van der Waals surface area (Å²) in [5.41, 5.74) is -0.856. The topological polar surface area (TPSA) is 96.0 Å². The summed E-state index contributed by atoms with van der Waals surface area (Å²) < 4.78 is 15.9. The van der Waals surface area contributed by atoms with Crippen LogP contribution in [0, 0.1) is 16.7 Å². The molecule has 39 heavy (non-hydrogen) atoms. The van der Waals surface area contributed by atoms with E-state index in [0.717, 1.165) is 38.5 Å². The Morgan fingerprint density at radius 2 is 1.72 bits per heavy atom. The highest BCUT2D eigenvalue weighted by molar-refractivity contribution is 6.05. The van der Waals surface area contributed by atoms with Crippen molar-refractivity contribution in [3.63, 3.8) is 0 Å². The van der Waals surface area contributed by atoms with Crippen LogP contribution < -0.4 is 0 Å². The van der Waals surface area contributed by atoms with E-state index in [1.165, 1.54) is 14.2 Å². The first kappa shape index (κ1) is 32.5. The molecule has 0 heterocycles. The van der Waals surface area contributed by atoms with Crippen molar-refractivity contribution in [1.29, 1.82) is 0 Å². The van der Waals surface area contributed by atoms with Crippen LogP contribution in [0.1, 0.15) is 115 Å². The summed E-state index contributed by atoms with van der Waals surface area (Å²) in [4.78, 5) is 50.9. The Hall–Kier alpha value is -2.70.